The first-order valence-corrected chi connectivity index (χ1v) is 14.5. The molecule has 2 aromatic carbocycles. The Bertz CT molecular complexity index is 2140. The highest BCUT2D eigenvalue weighted by Gasteiger charge is 2.15. The van der Waals surface area contributed by atoms with Gasteiger partial charge >= 0.3 is 0 Å². The van der Waals surface area contributed by atoms with Gasteiger partial charge in [-0.2, -0.15) is 0 Å². The van der Waals surface area contributed by atoms with Crippen molar-refractivity contribution in [1.82, 2.24) is 14.1 Å². The zero-order chi connectivity index (χ0) is 31.7. The molecule has 0 aliphatic carbocycles. The topological polar surface area (TPSA) is 125 Å². The minimum absolute atomic E-state index is 0.0125. The van der Waals surface area contributed by atoms with E-state index in [1.807, 2.05) is 30.3 Å². The third-order valence-corrected chi connectivity index (χ3v) is 7.81. The Kier molecular flexibility index (Phi) is 8.75. The van der Waals surface area contributed by atoms with Crippen molar-refractivity contribution >= 4 is 55.0 Å². The fourth-order valence-electron chi connectivity index (χ4n) is 5.48. The Hall–Kier alpha value is -4.67. The number of pyridine rings is 4. The number of hydrogen-bond donors (Lipinski definition) is 2. The van der Waals surface area contributed by atoms with E-state index in [0.717, 1.165) is 43.7 Å². The number of aryl methyl sites for hydroxylation is 2. The summed E-state index contributed by atoms with van der Waals surface area (Å²) in [6.07, 6.45) is 5.46. The van der Waals surface area contributed by atoms with Crippen LogP contribution in [0.1, 0.15) is 20.3 Å². The first-order valence-electron chi connectivity index (χ1n) is 14.2. The lowest BCUT2D eigenvalue weighted by Crippen LogP contribution is -2.30. The van der Waals surface area contributed by atoms with Gasteiger partial charge in [-0.3, -0.25) is 14.8 Å². The summed E-state index contributed by atoms with van der Waals surface area (Å²) in [7, 11) is 4.95. The molecule has 4 aromatic heterocycles. The van der Waals surface area contributed by atoms with Gasteiger partial charge < -0.3 is 24.3 Å². The minimum Gasteiger partial charge on any atom is -0.492 e. The molecule has 0 amide bonds. The summed E-state index contributed by atoms with van der Waals surface area (Å²) in [4.78, 5) is 29.2. The molecule has 6 aromatic rings. The van der Waals surface area contributed by atoms with Gasteiger partial charge in [-0.05, 0) is 42.7 Å². The first kappa shape index (κ1) is 30.8. The quantitative estimate of drug-likeness (QED) is 0.158. The summed E-state index contributed by atoms with van der Waals surface area (Å²) in [5.74, 6) is 1.57. The summed E-state index contributed by atoms with van der Waals surface area (Å²) < 4.78 is 15.1. The number of rotatable bonds is 6. The standard InChI is InChI=1S/C20H25N3O3.C13H10ClN2O2/c1-12(2)9-13(21)11-26-14-5-6-15-16-7-8-22-19(25-4)18(16)20(24)23(3)17(15)10-14;1-15-12-6-8(14)2-3-10(12)9-4-5-16(18)7-11(9)13(15)17/h5-8,10,12-13H,9,11,21H2,1-4H3;2-7,18H,1H3/q;+1/t13-;/m0./s1. The SMILES string of the molecule is COc1nccc2c1c(=O)n(C)c1cc(OC[C@@H](N)CC(C)C)ccc21.Cn1c(=O)c2c[n+](O)ccc2c2ccc(Cl)cc21. The average Bonchev–Trinajstić information content (AvgIpc) is 3.01. The van der Waals surface area contributed by atoms with E-state index >= 15 is 0 Å². The van der Waals surface area contributed by atoms with E-state index in [0.29, 0.717) is 39.9 Å². The Morgan fingerprint density at radius 3 is 2.34 bits per heavy atom. The Balaban J connectivity index is 0.000000186. The van der Waals surface area contributed by atoms with E-state index in [1.54, 1.807) is 43.1 Å². The van der Waals surface area contributed by atoms with Crippen molar-refractivity contribution in [1.29, 1.82) is 0 Å². The van der Waals surface area contributed by atoms with Crippen LogP contribution in [0.25, 0.3) is 43.4 Å². The van der Waals surface area contributed by atoms with Crippen LogP contribution in [0.15, 0.2) is 76.7 Å². The van der Waals surface area contributed by atoms with Gasteiger partial charge in [0.15, 0.2) is 0 Å². The lowest BCUT2D eigenvalue weighted by Gasteiger charge is -2.16. The van der Waals surface area contributed by atoms with E-state index in [-0.39, 0.29) is 17.2 Å². The molecule has 0 saturated carbocycles. The van der Waals surface area contributed by atoms with Crippen LogP contribution in [0, 0.1) is 5.92 Å². The van der Waals surface area contributed by atoms with Crippen LogP contribution in [-0.2, 0) is 14.1 Å². The number of halogens is 1. The number of fused-ring (bicyclic) bond motifs is 6. The predicted octanol–water partition coefficient (Wildman–Crippen LogP) is 4.72. The van der Waals surface area contributed by atoms with Crippen LogP contribution in [0.3, 0.4) is 0 Å². The fraction of sp³-hybridized carbons (Fsp3) is 0.273. The van der Waals surface area contributed by atoms with Crippen molar-refractivity contribution in [3.05, 3.63) is 92.9 Å². The molecular formula is C33H35ClN5O5+. The highest BCUT2D eigenvalue weighted by atomic mass is 35.5. The molecule has 0 saturated heterocycles. The van der Waals surface area contributed by atoms with Crippen LogP contribution < -0.4 is 31.1 Å². The molecule has 0 radical (unpaired) electrons. The van der Waals surface area contributed by atoms with E-state index in [1.165, 1.54) is 24.1 Å². The summed E-state index contributed by atoms with van der Waals surface area (Å²) >= 11 is 5.96. The molecule has 0 fully saturated rings. The third-order valence-electron chi connectivity index (χ3n) is 7.58. The van der Waals surface area contributed by atoms with Crippen molar-refractivity contribution in [3.8, 4) is 11.6 Å². The molecule has 0 unspecified atom stereocenters. The molecule has 10 nitrogen and oxygen atoms in total. The van der Waals surface area contributed by atoms with E-state index in [2.05, 4.69) is 18.8 Å². The molecule has 228 valence electrons. The maximum Gasteiger partial charge on any atom is 0.264 e. The second-order valence-corrected chi connectivity index (χ2v) is 11.6. The largest absolute Gasteiger partial charge is 0.492 e. The molecular weight excluding hydrogens is 582 g/mol. The van der Waals surface area contributed by atoms with Gasteiger partial charge in [0, 0.05) is 69.8 Å². The first-order chi connectivity index (χ1) is 21.0. The summed E-state index contributed by atoms with van der Waals surface area (Å²) in [5.41, 5.74) is 7.35. The molecule has 0 aliphatic rings. The molecule has 0 spiro atoms. The normalized spacial score (nSPS) is 12.1. The maximum atomic E-state index is 12.8. The second kappa shape index (κ2) is 12.5. The Morgan fingerprint density at radius 2 is 1.61 bits per heavy atom. The van der Waals surface area contributed by atoms with Gasteiger partial charge in [0.05, 0.1) is 18.1 Å². The number of nitrogens with zero attached hydrogens (tertiary/aromatic N) is 4. The van der Waals surface area contributed by atoms with Gasteiger partial charge in [0.1, 0.15) is 23.1 Å². The smallest absolute Gasteiger partial charge is 0.264 e. The van der Waals surface area contributed by atoms with Crippen molar-refractivity contribution in [2.45, 2.75) is 26.3 Å². The third kappa shape index (κ3) is 5.91. The number of ether oxygens (including phenoxy) is 2. The molecule has 1 atom stereocenters. The van der Waals surface area contributed by atoms with Gasteiger partial charge in [-0.1, -0.05) is 31.5 Å². The Morgan fingerprint density at radius 1 is 0.932 bits per heavy atom. The summed E-state index contributed by atoms with van der Waals surface area (Å²) in [6.45, 7) is 4.72. The Labute approximate surface area is 258 Å². The zero-order valence-corrected chi connectivity index (χ0v) is 26.0. The number of benzene rings is 2. The van der Waals surface area contributed by atoms with Crippen LogP contribution in [0.5, 0.6) is 11.6 Å². The lowest BCUT2D eigenvalue weighted by atomic mass is 10.1. The van der Waals surface area contributed by atoms with E-state index in [9.17, 15) is 14.8 Å². The van der Waals surface area contributed by atoms with Crippen LogP contribution in [0.4, 0.5) is 0 Å². The van der Waals surface area contributed by atoms with Gasteiger partial charge in [0.2, 0.25) is 18.3 Å². The monoisotopic (exact) mass is 616 g/mol. The molecule has 44 heavy (non-hydrogen) atoms. The summed E-state index contributed by atoms with van der Waals surface area (Å²) in [6, 6.07) is 14.7. The van der Waals surface area contributed by atoms with Crippen LogP contribution >= 0.6 is 11.6 Å². The number of hydrogen-bond acceptors (Lipinski definition) is 7. The van der Waals surface area contributed by atoms with Crippen molar-refractivity contribution < 1.29 is 19.4 Å². The van der Waals surface area contributed by atoms with Crippen molar-refractivity contribution in [2.75, 3.05) is 13.7 Å². The average molecular weight is 617 g/mol. The maximum absolute atomic E-state index is 12.8. The van der Waals surface area contributed by atoms with Crippen LogP contribution in [0.2, 0.25) is 5.02 Å². The predicted molar refractivity (Wildman–Crippen MR) is 173 cm³/mol. The second-order valence-electron chi connectivity index (χ2n) is 11.2. The van der Waals surface area contributed by atoms with E-state index in [4.69, 9.17) is 26.8 Å². The highest BCUT2D eigenvalue weighted by molar-refractivity contribution is 6.31. The number of nitrogens with two attached hydrogens (primary N) is 1. The molecule has 4 heterocycles. The fourth-order valence-corrected chi connectivity index (χ4v) is 5.65. The van der Waals surface area contributed by atoms with Gasteiger partial charge in [0.25, 0.3) is 11.1 Å². The van der Waals surface area contributed by atoms with Crippen LogP contribution in [-0.4, -0.2) is 39.1 Å². The molecule has 3 N–H and O–H groups in total. The summed E-state index contributed by atoms with van der Waals surface area (Å²) in [5, 5.41) is 14.4. The number of aromatic nitrogens is 4. The minimum atomic E-state index is -0.164. The highest BCUT2D eigenvalue weighted by Crippen LogP contribution is 2.29. The molecule has 0 aliphatic heterocycles. The van der Waals surface area contributed by atoms with Gasteiger partial charge in [-0.15, -0.1) is 0 Å². The van der Waals surface area contributed by atoms with Crippen molar-refractivity contribution in [2.24, 2.45) is 25.7 Å². The molecule has 6 rings (SSSR count). The molecule has 0 bridgehead atoms. The lowest BCUT2D eigenvalue weighted by molar-refractivity contribution is -0.904. The van der Waals surface area contributed by atoms with Crippen molar-refractivity contribution in [3.63, 3.8) is 0 Å². The van der Waals surface area contributed by atoms with E-state index < -0.39 is 0 Å². The molecule has 11 heteroatoms. The zero-order valence-electron chi connectivity index (χ0n) is 25.2. The van der Waals surface area contributed by atoms with Gasteiger partial charge in [-0.25, -0.2) is 4.98 Å². The number of methoxy groups -OCH3 is 1.